The Morgan fingerprint density at radius 1 is 1.39 bits per heavy atom. The van der Waals surface area contributed by atoms with E-state index in [1.165, 1.54) is 11.1 Å². The number of fused-ring (bicyclic) bond motifs is 1. The van der Waals surface area contributed by atoms with Gasteiger partial charge in [0.2, 0.25) is 0 Å². The topological polar surface area (TPSA) is 41.1 Å². The smallest absolute Gasteiger partial charge is 0.251 e. The van der Waals surface area contributed by atoms with E-state index in [-0.39, 0.29) is 5.91 Å². The molecule has 1 heterocycles. The van der Waals surface area contributed by atoms with Crippen molar-refractivity contribution in [3.05, 3.63) is 34.9 Å². The van der Waals surface area contributed by atoms with Crippen LogP contribution in [0.4, 0.5) is 0 Å². The van der Waals surface area contributed by atoms with Crippen molar-refractivity contribution in [2.75, 3.05) is 13.1 Å². The third kappa shape index (κ3) is 2.72. The summed E-state index contributed by atoms with van der Waals surface area (Å²) in [6, 6.07) is 6.69. The van der Waals surface area contributed by atoms with E-state index < -0.39 is 0 Å². The zero-order valence-corrected chi connectivity index (χ0v) is 11.3. The van der Waals surface area contributed by atoms with Gasteiger partial charge in [-0.3, -0.25) is 4.79 Å². The number of amides is 1. The fourth-order valence-electron chi connectivity index (χ4n) is 2.56. The summed E-state index contributed by atoms with van der Waals surface area (Å²) in [5.41, 5.74) is 3.26. The van der Waals surface area contributed by atoms with E-state index >= 15 is 0 Å². The number of carbonyl (C=O) groups is 1. The Bertz CT molecular complexity index is 429. The van der Waals surface area contributed by atoms with Crippen LogP contribution >= 0.6 is 0 Å². The highest BCUT2D eigenvalue weighted by Crippen LogP contribution is 2.22. The molecule has 0 saturated heterocycles. The first kappa shape index (κ1) is 13.1. The van der Waals surface area contributed by atoms with Crippen LogP contribution in [0.25, 0.3) is 0 Å². The Labute approximate surface area is 109 Å². The zero-order chi connectivity index (χ0) is 13.0. The quantitative estimate of drug-likeness (QED) is 0.856. The standard InChI is InChI=1S/C15H22N2O/c1-3-14(16-4-2)12-8-7-11-6-5-9-17-15(18)13(11)10-12/h7-8,10,14,16H,3-6,9H2,1-2H3,(H,17,18). The zero-order valence-electron chi connectivity index (χ0n) is 11.3. The van der Waals surface area contributed by atoms with Crippen molar-refractivity contribution in [2.24, 2.45) is 0 Å². The third-order valence-electron chi connectivity index (χ3n) is 3.55. The summed E-state index contributed by atoms with van der Waals surface area (Å²) in [6.45, 7) is 6.01. The van der Waals surface area contributed by atoms with Crippen molar-refractivity contribution in [2.45, 2.75) is 39.2 Å². The molecule has 1 aliphatic heterocycles. The van der Waals surface area contributed by atoms with Gasteiger partial charge in [-0.05, 0) is 43.0 Å². The molecule has 0 aromatic heterocycles. The molecule has 2 N–H and O–H groups in total. The summed E-state index contributed by atoms with van der Waals surface area (Å²) < 4.78 is 0. The van der Waals surface area contributed by atoms with Crippen LogP contribution in [0, 0.1) is 0 Å². The lowest BCUT2D eigenvalue weighted by Crippen LogP contribution is -2.24. The minimum Gasteiger partial charge on any atom is -0.352 e. The summed E-state index contributed by atoms with van der Waals surface area (Å²) in [4.78, 5) is 12.0. The SMILES string of the molecule is CCNC(CC)c1ccc2c(c1)C(=O)NCCC2. The number of benzene rings is 1. The molecule has 0 spiro atoms. The Morgan fingerprint density at radius 2 is 2.22 bits per heavy atom. The molecule has 1 atom stereocenters. The van der Waals surface area contributed by atoms with Gasteiger partial charge in [0.1, 0.15) is 0 Å². The fraction of sp³-hybridized carbons (Fsp3) is 0.533. The van der Waals surface area contributed by atoms with Gasteiger partial charge in [0.15, 0.2) is 0 Å². The monoisotopic (exact) mass is 246 g/mol. The molecule has 3 heteroatoms. The van der Waals surface area contributed by atoms with Crippen molar-refractivity contribution >= 4 is 5.91 Å². The lowest BCUT2D eigenvalue weighted by Gasteiger charge is -2.18. The lowest BCUT2D eigenvalue weighted by molar-refractivity contribution is 0.0956. The van der Waals surface area contributed by atoms with Crippen LogP contribution in [0.3, 0.4) is 0 Å². The van der Waals surface area contributed by atoms with Crippen molar-refractivity contribution in [3.8, 4) is 0 Å². The minimum atomic E-state index is 0.0794. The Hall–Kier alpha value is -1.35. The van der Waals surface area contributed by atoms with Crippen LogP contribution in [0.2, 0.25) is 0 Å². The lowest BCUT2D eigenvalue weighted by atomic mass is 9.96. The second-order valence-corrected chi connectivity index (χ2v) is 4.79. The average Bonchev–Trinajstić information content (AvgIpc) is 2.58. The molecule has 0 fully saturated rings. The van der Waals surface area contributed by atoms with E-state index in [0.29, 0.717) is 6.04 Å². The van der Waals surface area contributed by atoms with Gasteiger partial charge in [-0.2, -0.15) is 0 Å². The third-order valence-corrected chi connectivity index (χ3v) is 3.55. The van der Waals surface area contributed by atoms with Gasteiger partial charge in [0, 0.05) is 18.2 Å². The molecule has 98 valence electrons. The van der Waals surface area contributed by atoms with E-state index in [0.717, 1.165) is 37.9 Å². The van der Waals surface area contributed by atoms with Gasteiger partial charge in [0.05, 0.1) is 0 Å². The van der Waals surface area contributed by atoms with E-state index in [1.54, 1.807) is 0 Å². The fourth-order valence-corrected chi connectivity index (χ4v) is 2.56. The van der Waals surface area contributed by atoms with Crippen molar-refractivity contribution in [1.29, 1.82) is 0 Å². The first-order chi connectivity index (χ1) is 8.76. The van der Waals surface area contributed by atoms with Gasteiger partial charge >= 0.3 is 0 Å². The molecule has 0 aliphatic carbocycles. The summed E-state index contributed by atoms with van der Waals surface area (Å²) >= 11 is 0. The molecule has 0 radical (unpaired) electrons. The highest BCUT2D eigenvalue weighted by atomic mass is 16.1. The molecular formula is C15H22N2O. The molecule has 1 amide bonds. The van der Waals surface area contributed by atoms with Crippen LogP contribution < -0.4 is 10.6 Å². The number of hydrogen-bond donors (Lipinski definition) is 2. The molecule has 18 heavy (non-hydrogen) atoms. The van der Waals surface area contributed by atoms with Gasteiger partial charge in [-0.1, -0.05) is 26.0 Å². The van der Waals surface area contributed by atoms with Crippen LogP contribution in [-0.2, 0) is 6.42 Å². The maximum absolute atomic E-state index is 12.0. The highest BCUT2D eigenvalue weighted by Gasteiger charge is 2.17. The predicted molar refractivity (Wildman–Crippen MR) is 73.8 cm³/mol. The summed E-state index contributed by atoms with van der Waals surface area (Å²) in [6.07, 6.45) is 3.06. The van der Waals surface area contributed by atoms with E-state index in [2.05, 4.69) is 42.7 Å². The summed E-state index contributed by atoms with van der Waals surface area (Å²) in [5.74, 6) is 0.0794. The van der Waals surface area contributed by atoms with E-state index in [4.69, 9.17) is 0 Å². The number of carbonyl (C=O) groups excluding carboxylic acids is 1. The highest BCUT2D eigenvalue weighted by molar-refractivity contribution is 5.96. The maximum Gasteiger partial charge on any atom is 0.251 e. The molecule has 0 bridgehead atoms. The van der Waals surface area contributed by atoms with Crippen LogP contribution in [0.5, 0.6) is 0 Å². The molecule has 3 nitrogen and oxygen atoms in total. The minimum absolute atomic E-state index is 0.0794. The van der Waals surface area contributed by atoms with Crippen molar-refractivity contribution in [3.63, 3.8) is 0 Å². The molecular weight excluding hydrogens is 224 g/mol. The molecule has 1 aromatic carbocycles. The van der Waals surface area contributed by atoms with E-state index in [1.807, 2.05) is 0 Å². The Morgan fingerprint density at radius 3 is 2.94 bits per heavy atom. The average molecular weight is 246 g/mol. The van der Waals surface area contributed by atoms with Gasteiger partial charge in [0.25, 0.3) is 5.91 Å². The van der Waals surface area contributed by atoms with Gasteiger partial charge in [-0.15, -0.1) is 0 Å². The first-order valence-corrected chi connectivity index (χ1v) is 6.90. The van der Waals surface area contributed by atoms with Crippen molar-refractivity contribution in [1.82, 2.24) is 10.6 Å². The van der Waals surface area contributed by atoms with Gasteiger partial charge < -0.3 is 10.6 Å². The number of aryl methyl sites for hydroxylation is 1. The Kier molecular flexibility index (Phi) is 4.37. The van der Waals surface area contributed by atoms with Crippen LogP contribution in [0.1, 0.15) is 54.2 Å². The number of hydrogen-bond acceptors (Lipinski definition) is 2. The largest absolute Gasteiger partial charge is 0.352 e. The Balaban J connectivity index is 2.32. The van der Waals surface area contributed by atoms with Crippen LogP contribution in [0.15, 0.2) is 18.2 Å². The second-order valence-electron chi connectivity index (χ2n) is 4.79. The second kappa shape index (κ2) is 6.01. The normalized spacial score (nSPS) is 16.7. The molecule has 1 aliphatic rings. The van der Waals surface area contributed by atoms with Gasteiger partial charge in [-0.25, -0.2) is 0 Å². The molecule has 1 unspecified atom stereocenters. The first-order valence-electron chi connectivity index (χ1n) is 6.90. The number of nitrogens with one attached hydrogen (secondary N) is 2. The van der Waals surface area contributed by atoms with E-state index in [9.17, 15) is 4.79 Å². The summed E-state index contributed by atoms with van der Waals surface area (Å²) in [7, 11) is 0. The number of rotatable bonds is 4. The molecule has 0 saturated carbocycles. The predicted octanol–water partition coefficient (Wildman–Crippen LogP) is 2.42. The summed E-state index contributed by atoms with van der Waals surface area (Å²) in [5, 5.41) is 6.41. The van der Waals surface area contributed by atoms with Crippen LogP contribution in [-0.4, -0.2) is 19.0 Å². The van der Waals surface area contributed by atoms with Crippen molar-refractivity contribution < 1.29 is 4.79 Å². The maximum atomic E-state index is 12.0. The molecule has 1 aromatic rings. The molecule has 2 rings (SSSR count).